The largest absolute Gasteiger partial charge is 0.298 e. The molecule has 1 aromatic carbocycles. The molecule has 1 aromatic rings. The highest BCUT2D eigenvalue weighted by Crippen LogP contribution is 2.50. The number of hydrogen-bond donors (Lipinski definition) is 0. The Morgan fingerprint density at radius 1 is 1.24 bits per heavy atom. The minimum absolute atomic E-state index is 0.476. The monoisotopic (exact) mass is 228 g/mol. The van der Waals surface area contributed by atoms with Crippen LogP contribution in [-0.2, 0) is 4.79 Å². The zero-order valence-electron chi connectivity index (χ0n) is 11.1. The smallest absolute Gasteiger partial charge is 0.146 e. The van der Waals surface area contributed by atoms with Crippen LogP contribution in [-0.4, -0.2) is 6.29 Å². The summed E-state index contributed by atoms with van der Waals surface area (Å²) in [6.07, 6.45) is 2.96. The molecule has 0 bridgehead atoms. The first kappa shape index (κ1) is 12.1. The summed E-state index contributed by atoms with van der Waals surface area (Å²) < 4.78 is 0. The van der Waals surface area contributed by atoms with E-state index in [1.54, 1.807) is 0 Å². The van der Waals surface area contributed by atoms with Crippen LogP contribution in [0.4, 0.5) is 0 Å². The Hall–Kier alpha value is -1.37. The molecule has 17 heavy (non-hydrogen) atoms. The molecule has 0 aromatic heterocycles. The number of aldehydes is 1. The van der Waals surface area contributed by atoms with Gasteiger partial charge >= 0.3 is 0 Å². The molecule has 0 saturated carbocycles. The van der Waals surface area contributed by atoms with Crippen molar-refractivity contribution in [2.75, 3.05) is 0 Å². The van der Waals surface area contributed by atoms with Crippen LogP contribution in [0.25, 0.3) is 5.57 Å². The third-order valence-corrected chi connectivity index (χ3v) is 3.96. The van der Waals surface area contributed by atoms with E-state index < -0.39 is 0 Å². The molecule has 0 heterocycles. The van der Waals surface area contributed by atoms with E-state index in [2.05, 4.69) is 39.8 Å². The lowest BCUT2D eigenvalue weighted by molar-refractivity contribution is -0.105. The molecule has 1 unspecified atom stereocenters. The Morgan fingerprint density at radius 3 is 2.41 bits per heavy atom. The lowest BCUT2D eigenvalue weighted by Crippen LogP contribution is -2.18. The van der Waals surface area contributed by atoms with Gasteiger partial charge in [0.15, 0.2) is 0 Å². The molecule has 0 radical (unpaired) electrons. The van der Waals surface area contributed by atoms with Gasteiger partial charge in [-0.1, -0.05) is 26.0 Å². The highest BCUT2D eigenvalue weighted by Gasteiger charge is 2.32. The van der Waals surface area contributed by atoms with E-state index in [-0.39, 0.29) is 0 Å². The summed E-state index contributed by atoms with van der Waals surface area (Å²) in [5.74, 6) is 0.476. The average molecular weight is 228 g/mol. The summed E-state index contributed by atoms with van der Waals surface area (Å²) in [5, 5.41) is 0. The molecule has 1 nitrogen and oxygen atoms in total. The molecule has 1 heteroatoms. The molecule has 1 atom stereocenters. The van der Waals surface area contributed by atoms with Crippen LogP contribution in [0, 0.1) is 13.8 Å². The molecule has 0 N–H and O–H groups in total. The van der Waals surface area contributed by atoms with Crippen molar-refractivity contribution in [3.8, 4) is 0 Å². The normalized spacial score (nSPS) is 20.6. The minimum Gasteiger partial charge on any atom is -0.298 e. The number of rotatable bonds is 3. The number of carbonyl (C=O) groups excluding carboxylic acids is 1. The second-order valence-electron chi connectivity index (χ2n) is 4.89. The van der Waals surface area contributed by atoms with Crippen LogP contribution in [0.3, 0.4) is 0 Å². The number of aryl methyl sites for hydroxylation is 2. The summed E-state index contributed by atoms with van der Waals surface area (Å²) in [6.45, 7) is 8.55. The van der Waals surface area contributed by atoms with Gasteiger partial charge in [-0.15, -0.1) is 0 Å². The van der Waals surface area contributed by atoms with Crippen molar-refractivity contribution in [3.05, 3.63) is 40.0 Å². The second kappa shape index (κ2) is 4.48. The van der Waals surface area contributed by atoms with Crippen LogP contribution < -0.4 is 0 Å². The van der Waals surface area contributed by atoms with Crippen molar-refractivity contribution in [2.24, 2.45) is 0 Å². The lowest BCUT2D eigenvalue weighted by Gasteiger charge is -2.35. The number of hydrogen-bond acceptors (Lipinski definition) is 1. The number of allylic oxidation sites excluding steroid dienone is 2. The molecule has 0 amide bonds. The van der Waals surface area contributed by atoms with Gasteiger partial charge in [0.25, 0.3) is 0 Å². The summed E-state index contributed by atoms with van der Waals surface area (Å²) in [5.41, 5.74) is 7.68. The molecule has 0 spiro atoms. The van der Waals surface area contributed by atoms with Crippen molar-refractivity contribution in [1.29, 1.82) is 0 Å². The molecule has 90 valence electrons. The van der Waals surface area contributed by atoms with E-state index in [1.807, 2.05) is 0 Å². The van der Waals surface area contributed by atoms with Crippen molar-refractivity contribution in [1.82, 2.24) is 0 Å². The fourth-order valence-corrected chi connectivity index (χ4v) is 2.78. The Labute approximate surface area is 104 Å². The molecular formula is C16H20O. The van der Waals surface area contributed by atoms with Crippen molar-refractivity contribution in [2.45, 2.75) is 46.5 Å². The van der Waals surface area contributed by atoms with E-state index in [4.69, 9.17) is 0 Å². The standard InChI is InChI=1S/C16H20O/c1-5-12(9-17)16-13(6-2)14-7-10(3)11(4)8-15(14)16/h7-9,13H,5-6H2,1-4H3/b16-12-. The maximum Gasteiger partial charge on any atom is 0.146 e. The minimum atomic E-state index is 0.476. The Morgan fingerprint density at radius 2 is 1.88 bits per heavy atom. The van der Waals surface area contributed by atoms with Crippen LogP contribution in [0.15, 0.2) is 17.7 Å². The van der Waals surface area contributed by atoms with Gasteiger partial charge in [-0.2, -0.15) is 0 Å². The van der Waals surface area contributed by atoms with Gasteiger partial charge in [0.1, 0.15) is 6.29 Å². The second-order valence-corrected chi connectivity index (χ2v) is 4.89. The zero-order valence-corrected chi connectivity index (χ0v) is 11.1. The predicted molar refractivity (Wildman–Crippen MR) is 72.2 cm³/mol. The fraction of sp³-hybridized carbons (Fsp3) is 0.438. The summed E-state index contributed by atoms with van der Waals surface area (Å²) in [7, 11) is 0. The predicted octanol–water partition coefficient (Wildman–Crippen LogP) is 4.17. The molecule has 1 aliphatic carbocycles. The van der Waals surface area contributed by atoms with Crippen molar-refractivity contribution < 1.29 is 4.79 Å². The Balaban J connectivity index is 2.61. The van der Waals surface area contributed by atoms with Crippen LogP contribution in [0.1, 0.15) is 54.9 Å². The first-order chi connectivity index (χ1) is 8.13. The average Bonchev–Trinajstić information content (AvgIpc) is 2.33. The highest BCUT2D eigenvalue weighted by molar-refractivity contribution is 5.96. The molecular weight excluding hydrogens is 208 g/mol. The first-order valence-corrected chi connectivity index (χ1v) is 6.43. The molecule has 0 saturated heterocycles. The van der Waals surface area contributed by atoms with Gasteiger partial charge in [-0.3, -0.25) is 4.79 Å². The highest BCUT2D eigenvalue weighted by atomic mass is 16.1. The van der Waals surface area contributed by atoms with Gasteiger partial charge in [-0.05, 0) is 60.1 Å². The third kappa shape index (κ3) is 1.74. The van der Waals surface area contributed by atoms with Gasteiger partial charge in [-0.25, -0.2) is 0 Å². The lowest BCUT2D eigenvalue weighted by atomic mass is 9.68. The number of benzene rings is 1. The van der Waals surface area contributed by atoms with E-state index in [0.29, 0.717) is 5.92 Å². The van der Waals surface area contributed by atoms with Gasteiger partial charge in [0, 0.05) is 5.92 Å². The molecule has 0 aliphatic heterocycles. The number of carbonyl (C=O) groups is 1. The van der Waals surface area contributed by atoms with Crippen molar-refractivity contribution >= 4 is 11.9 Å². The van der Waals surface area contributed by atoms with E-state index in [1.165, 1.54) is 27.8 Å². The Bertz CT molecular complexity index is 494. The Kier molecular flexibility index (Phi) is 3.19. The quantitative estimate of drug-likeness (QED) is 0.560. The van der Waals surface area contributed by atoms with Gasteiger partial charge < -0.3 is 0 Å². The van der Waals surface area contributed by atoms with Crippen LogP contribution in [0.5, 0.6) is 0 Å². The zero-order chi connectivity index (χ0) is 12.6. The van der Waals surface area contributed by atoms with Crippen molar-refractivity contribution in [3.63, 3.8) is 0 Å². The van der Waals surface area contributed by atoms with E-state index in [9.17, 15) is 4.79 Å². The van der Waals surface area contributed by atoms with Gasteiger partial charge in [0.2, 0.25) is 0 Å². The van der Waals surface area contributed by atoms with E-state index >= 15 is 0 Å². The third-order valence-electron chi connectivity index (χ3n) is 3.96. The maximum absolute atomic E-state index is 11.1. The molecule has 0 fully saturated rings. The first-order valence-electron chi connectivity index (χ1n) is 6.43. The summed E-state index contributed by atoms with van der Waals surface area (Å²) in [6, 6.07) is 4.53. The summed E-state index contributed by atoms with van der Waals surface area (Å²) >= 11 is 0. The topological polar surface area (TPSA) is 17.1 Å². The molecule has 1 aliphatic rings. The molecule has 2 rings (SSSR count). The number of fused-ring (bicyclic) bond motifs is 1. The fourth-order valence-electron chi connectivity index (χ4n) is 2.78. The maximum atomic E-state index is 11.1. The summed E-state index contributed by atoms with van der Waals surface area (Å²) in [4.78, 5) is 11.1. The van der Waals surface area contributed by atoms with Gasteiger partial charge in [0.05, 0.1) is 0 Å². The van der Waals surface area contributed by atoms with E-state index in [0.717, 1.165) is 24.7 Å². The van der Waals surface area contributed by atoms with Crippen LogP contribution in [0.2, 0.25) is 0 Å². The SMILES string of the molecule is CC/C(C=O)=C1/c2cc(C)c(C)cc2C1CC. The van der Waals surface area contributed by atoms with Crippen LogP contribution >= 0.6 is 0 Å².